The molecular weight excluding hydrogens is 326 g/mol. The molecule has 3 saturated carbocycles. The topological polar surface area (TPSA) is 59.2 Å². The van der Waals surface area contributed by atoms with E-state index in [-0.39, 0.29) is 16.7 Å². The number of carbonyl (C=O) groups is 1. The van der Waals surface area contributed by atoms with Gasteiger partial charge in [-0.1, -0.05) is 16.8 Å². The van der Waals surface area contributed by atoms with Gasteiger partial charge in [0.2, 0.25) is 5.91 Å². The fourth-order valence-corrected chi connectivity index (χ4v) is 5.12. The van der Waals surface area contributed by atoms with Crippen molar-refractivity contribution in [3.63, 3.8) is 0 Å². The number of fused-ring (bicyclic) bond motifs is 1. The number of halogens is 1. The highest BCUT2D eigenvalue weighted by molar-refractivity contribution is 6.32. The van der Waals surface area contributed by atoms with Gasteiger partial charge in [-0.3, -0.25) is 9.78 Å². The maximum Gasteiger partial charge on any atom is 0.229 e. The Morgan fingerprint density at radius 1 is 1.29 bits per heavy atom. The quantitative estimate of drug-likeness (QED) is 0.839. The lowest BCUT2D eigenvalue weighted by Crippen LogP contribution is -2.70. The minimum atomic E-state index is -0.187. The number of nitrogens with zero attached hydrogens (tertiary/aromatic N) is 3. The van der Waals surface area contributed by atoms with Crippen LogP contribution in [0, 0.1) is 19.3 Å². The summed E-state index contributed by atoms with van der Waals surface area (Å²) in [6, 6.07) is 1.93. The van der Waals surface area contributed by atoms with Crippen LogP contribution in [0.2, 0.25) is 5.02 Å². The summed E-state index contributed by atoms with van der Waals surface area (Å²) in [5.74, 6) is 0.263. The Bertz CT molecular complexity index is 855. The van der Waals surface area contributed by atoms with E-state index in [0.29, 0.717) is 13.1 Å². The third kappa shape index (κ3) is 1.63. The summed E-state index contributed by atoms with van der Waals surface area (Å²) in [6.45, 7) is 5.17. The molecule has 1 aliphatic heterocycles. The molecule has 0 N–H and O–H groups in total. The minimum absolute atomic E-state index is 0.0866. The van der Waals surface area contributed by atoms with Crippen LogP contribution < -0.4 is 0 Å². The fraction of sp³-hybridized carbons (Fsp3) is 0.500. The van der Waals surface area contributed by atoms with Crippen LogP contribution >= 0.6 is 11.6 Å². The van der Waals surface area contributed by atoms with Gasteiger partial charge in [-0.25, -0.2) is 0 Å². The van der Waals surface area contributed by atoms with Crippen LogP contribution in [0.4, 0.5) is 0 Å². The first kappa shape index (κ1) is 14.5. The number of rotatable bonds is 2. The Kier molecular flexibility index (Phi) is 2.65. The van der Waals surface area contributed by atoms with Gasteiger partial charge in [-0.15, -0.1) is 0 Å². The number of carbonyl (C=O) groups excluding carboxylic acids is 1. The predicted molar refractivity (Wildman–Crippen MR) is 87.4 cm³/mol. The highest BCUT2D eigenvalue weighted by Crippen LogP contribution is 2.74. The Hall–Kier alpha value is -1.88. The Morgan fingerprint density at radius 3 is 2.71 bits per heavy atom. The van der Waals surface area contributed by atoms with Gasteiger partial charge < -0.3 is 9.42 Å². The molecule has 3 heterocycles. The summed E-state index contributed by atoms with van der Waals surface area (Å²) in [5, 5.41) is 4.80. The normalized spacial score (nSPS) is 29.9. The molecule has 24 heavy (non-hydrogen) atoms. The summed E-state index contributed by atoms with van der Waals surface area (Å²) in [5.41, 5.74) is 4.93. The van der Waals surface area contributed by atoms with E-state index >= 15 is 0 Å². The Labute approximate surface area is 145 Å². The van der Waals surface area contributed by atoms with E-state index < -0.39 is 0 Å². The number of pyridine rings is 1. The highest BCUT2D eigenvalue weighted by atomic mass is 35.5. The first-order valence-electron chi connectivity index (χ1n) is 8.29. The number of amides is 1. The van der Waals surface area contributed by atoms with Gasteiger partial charge in [-0.05, 0) is 44.2 Å². The molecule has 124 valence electrons. The van der Waals surface area contributed by atoms with E-state index in [1.54, 1.807) is 6.26 Å². The lowest BCUT2D eigenvalue weighted by atomic mass is 9.34. The van der Waals surface area contributed by atoms with Gasteiger partial charge in [0.05, 0.1) is 34.1 Å². The molecule has 3 aliphatic carbocycles. The van der Waals surface area contributed by atoms with Crippen molar-refractivity contribution in [2.24, 2.45) is 5.41 Å². The highest BCUT2D eigenvalue weighted by Gasteiger charge is 2.73. The molecule has 6 rings (SSSR count). The monoisotopic (exact) mass is 343 g/mol. The van der Waals surface area contributed by atoms with E-state index in [2.05, 4.69) is 10.1 Å². The first-order valence-corrected chi connectivity index (χ1v) is 8.67. The largest absolute Gasteiger partial charge is 0.364 e. The van der Waals surface area contributed by atoms with Crippen molar-refractivity contribution in [1.29, 1.82) is 0 Å². The van der Waals surface area contributed by atoms with Crippen molar-refractivity contribution < 1.29 is 9.32 Å². The van der Waals surface area contributed by atoms with Gasteiger partial charge in [0, 0.05) is 18.0 Å². The minimum Gasteiger partial charge on any atom is -0.364 e. The molecule has 4 aliphatic rings. The number of hydrogen-bond donors (Lipinski definition) is 0. The van der Waals surface area contributed by atoms with Crippen LogP contribution in [0.3, 0.4) is 0 Å². The fourth-order valence-electron chi connectivity index (χ4n) is 4.96. The van der Waals surface area contributed by atoms with Crippen molar-refractivity contribution in [1.82, 2.24) is 15.0 Å². The third-order valence-corrected chi connectivity index (χ3v) is 6.75. The lowest BCUT2D eigenvalue weighted by molar-refractivity contribution is -0.189. The van der Waals surface area contributed by atoms with Crippen molar-refractivity contribution in [3.8, 4) is 0 Å². The molecule has 3 fully saturated rings. The van der Waals surface area contributed by atoms with Crippen LogP contribution in [0.1, 0.15) is 47.5 Å². The van der Waals surface area contributed by atoms with Crippen LogP contribution in [-0.4, -0.2) is 20.9 Å². The van der Waals surface area contributed by atoms with Gasteiger partial charge >= 0.3 is 0 Å². The molecule has 1 amide bonds. The van der Waals surface area contributed by atoms with Gasteiger partial charge in [-0.2, -0.15) is 0 Å². The number of aryl methyl sites for hydroxylation is 1. The molecule has 6 heteroatoms. The summed E-state index contributed by atoms with van der Waals surface area (Å²) < 4.78 is 4.97. The second-order valence-corrected chi connectivity index (χ2v) is 8.08. The molecule has 2 bridgehead atoms. The molecule has 2 aromatic rings. The average molecular weight is 344 g/mol. The SMILES string of the molecule is Cc1nc2c(c(C)c1Cl)CN(C(=O)C13CC(c4ccon4)(C1)C3)C2. The number of aromatic nitrogens is 2. The molecule has 0 aromatic carbocycles. The smallest absolute Gasteiger partial charge is 0.229 e. The van der Waals surface area contributed by atoms with Crippen LogP contribution in [0.5, 0.6) is 0 Å². The Balaban J connectivity index is 1.35. The zero-order chi connectivity index (χ0) is 16.7. The standard InChI is InChI=1S/C18H18ClN3O2/c1-10-12-5-22(6-13(12)20-11(2)15(10)19)16(23)18-7-17(8-18,9-18)14-3-4-24-21-14/h3-4H,5-9H2,1-2H3. The van der Waals surface area contributed by atoms with Gasteiger partial charge in [0.15, 0.2) is 0 Å². The first-order chi connectivity index (χ1) is 11.4. The van der Waals surface area contributed by atoms with Crippen LogP contribution in [0.25, 0.3) is 0 Å². The second-order valence-electron chi connectivity index (χ2n) is 7.70. The van der Waals surface area contributed by atoms with E-state index in [1.807, 2.05) is 24.8 Å². The molecule has 2 aromatic heterocycles. The number of hydrogen-bond acceptors (Lipinski definition) is 4. The van der Waals surface area contributed by atoms with Crippen molar-refractivity contribution in [2.75, 3.05) is 0 Å². The van der Waals surface area contributed by atoms with Gasteiger partial charge in [0.1, 0.15) is 6.26 Å². The third-order valence-electron chi connectivity index (χ3n) is 6.19. The van der Waals surface area contributed by atoms with Crippen molar-refractivity contribution in [2.45, 2.75) is 51.6 Å². The van der Waals surface area contributed by atoms with Crippen molar-refractivity contribution in [3.05, 3.63) is 45.6 Å². The summed E-state index contributed by atoms with van der Waals surface area (Å²) in [7, 11) is 0. The van der Waals surface area contributed by atoms with E-state index in [1.165, 1.54) is 0 Å². The van der Waals surface area contributed by atoms with E-state index in [0.717, 1.165) is 52.5 Å². The summed E-state index contributed by atoms with van der Waals surface area (Å²) in [6.07, 6.45) is 4.29. The zero-order valence-electron chi connectivity index (χ0n) is 13.7. The lowest BCUT2D eigenvalue weighted by Gasteiger charge is -2.69. The van der Waals surface area contributed by atoms with Crippen molar-refractivity contribution >= 4 is 17.5 Å². The molecule has 5 nitrogen and oxygen atoms in total. The molecule has 0 saturated heterocycles. The zero-order valence-corrected chi connectivity index (χ0v) is 14.5. The summed E-state index contributed by atoms with van der Waals surface area (Å²) in [4.78, 5) is 19.6. The molecule has 0 unspecified atom stereocenters. The molecule has 0 radical (unpaired) electrons. The average Bonchev–Trinajstić information content (AvgIpc) is 3.11. The molecular formula is C18H18ClN3O2. The van der Waals surface area contributed by atoms with E-state index in [9.17, 15) is 4.79 Å². The van der Waals surface area contributed by atoms with Crippen LogP contribution in [-0.2, 0) is 23.3 Å². The summed E-state index contributed by atoms with van der Waals surface area (Å²) >= 11 is 6.32. The van der Waals surface area contributed by atoms with E-state index in [4.69, 9.17) is 16.1 Å². The van der Waals surface area contributed by atoms with Crippen LogP contribution in [0.15, 0.2) is 16.9 Å². The Morgan fingerprint density at radius 2 is 2.04 bits per heavy atom. The second kappa shape index (κ2) is 4.39. The molecule has 0 atom stereocenters. The maximum absolute atomic E-state index is 13.1. The van der Waals surface area contributed by atoms with Gasteiger partial charge in [0.25, 0.3) is 0 Å². The maximum atomic E-state index is 13.1. The predicted octanol–water partition coefficient (Wildman–Crippen LogP) is 3.30. The molecule has 0 spiro atoms.